The van der Waals surface area contributed by atoms with Gasteiger partial charge in [-0.05, 0) is 42.5 Å². The number of urea groups is 1. The highest BCUT2D eigenvalue weighted by Gasteiger charge is 2.23. The van der Waals surface area contributed by atoms with Crippen LogP contribution in [0, 0.1) is 0 Å². The highest BCUT2D eigenvalue weighted by molar-refractivity contribution is 7.98. The van der Waals surface area contributed by atoms with Crippen molar-refractivity contribution in [2.75, 3.05) is 18.1 Å². The summed E-state index contributed by atoms with van der Waals surface area (Å²) in [4.78, 5) is 19.1. The average molecular weight is 337 g/mol. The molecule has 2 amide bonds. The normalized spacial score (nSPS) is 13.8. The number of rotatable bonds is 2. The quantitative estimate of drug-likeness (QED) is 0.677. The predicted molar refractivity (Wildman–Crippen MR) is 99.7 cm³/mol. The van der Waals surface area contributed by atoms with Gasteiger partial charge in [0.1, 0.15) is 0 Å². The van der Waals surface area contributed by atoms with Gasteiger partial charge in [-0.15, -0.1) is 11.8 Å². The molecule has 5 heteroatoms. The van der Waals surface area contributed by atoms with E-state index in [1.54, 1.807) is 11.8 Å². The number of benzene rings is 2. The first kappa shape index (κ1) is 15.1. The van der Waals surface area contributed by atoms with Gasteiger partial charge in [0.15, 0.2) is 0 Å². The third-order valence-corrected chi connectivity index (χ3v) is 5.22. The Bertz CT molecular complexity index is 903. The van der Waals surface area contributed by atoms with Crippen LogP contribution in [0.2, 0.25) is 0 Å². The number of hydrogen-bond acceptors (Lipinski definition) is 2. The topological polar surface area (TPSA) is 48.1 Å². The van der Waals surface area contributed by atoms with Crippen LogP contribution in [0.4, 0.5) is 10.5 Å². The smallest absolute Gasteiger partial charge is 0.322 e. The number of aromatic amines is 1. The summed E-state index contributed by atoms with van der Waals surface area (Å²) in [7, 11) is 0. The molecule has 0 radical (unpaired) electrons. The molecule has 0 saturated carbocycles. The highest BCUT2D eigenvalue weighted by atomic mass is 32.2. The minimum atomic E-state index is -0.0439. The number of H-pyrrole nitrogens is 1. The number of aromatic nitrogens is 1. The number of nitrogens with zero attached hydrogens (tertiary/aromatic N) is 1. The third kappa shape index (κ3) is 2.76. The van der Waals surface area contributed by atoms with Crippen molar-refractivity contribution < 1.29 is 4.79 Å². The number of hydrogen-bond donors (Lipinski definition) is 2. The van der Waals surface area contributed by atoms with E-state index in [-0.39, 0.29) is 6.03 Å². The maximum atomic E-state index is 12.6. The van der Waals surface area contributed by atoms with Crippen LogP contribution in [0.25, 0.3) is 10.9 Å². The molecule has 24 heavy (non-hydrogen) atoms. The van der Waals surface area contributed by atoms with Crippen LogP contribution in [0.15, 0.2) is 53.4 Å². The number of thioether (sulfide) groups is 1. The van der Waals surface area contributed by atoms with E-state index < -0.39 is 0 Å². The van der Waals surface area contributed by atoms with Gasteiger partial charge in [-0.3, -0.25) is 0 Å². The monoisotopic (exact) mass is 337 g/mol. The van der Waals surface area contributed by atoms with Crippen molar-refractivity contribution in [1.29, 1.82) is 0 Å². The Morgan fingerprint density at radius 3 is 2.96 bits per heavy atom. The minimum absolute atomic E-state index is 0.0439. The fraction of sp³-hybridized carbons (Fsp3) is 0.211. The van der Waals surface area contributed by atoms with E-state index in [0.29, 0.717) is 6.54 Å². The molecule has 0 saturated heterocycles. The Morgan fingerprint density at radius 1 is 1.21 bits per heavy atom. The fourth-order valence-corrected chi connectivity index (χ4v) is 3.73. The van der Waals surface area contributed by atoms with Crippen LogP contribution in [-0.4, -0.2) is 28.7 Å². The minimum Gasteiger partial charge on any atom is -0.357 e. The van der Waals surface area contributed by atoms with E-state index in [1.807, 2.05) is 41.5 Å². The van der Waals surface area contributed by atoms with Crippen molar-refractivity contribution >= 4 is 34.4 Å². The van der Waals surface area contributed by atoms with Gasteiger partial charge in [0.2, 0.25) is 0 Å². The summed E-state index contributed by atoms with van der Waals surface area (Å²) < 4.78 is 0. The number of amides is 2. The van der Waals surface area contributed by atoms with E-state index in [0.717, 1.165) is 34.8 Å². The molecular weight excluding hydrogens is 318 g/mol. The molecule has 0 bridgehead atoms. The summed E-state index contributed by atoms with van der Waals surface area (Å²) in [5.74, 6) is 0. The van der Waals surface area contributed by atoms with Gasteiger partial charge in [0.25, 0.3) is 0 Å². The van der Waals surface area contributed by atoms with Crippen LogP contribution in [0.1, 0.15) is 11.3 Å². The number of fused-ring (bicyclic) bond motifs is 3. The van der Waals surface area contributed by atoms with Crippen LogP contribution < -0.4 is 5.32 Å². The van der Waals surface area contributed by atoms with Gasteiger partial charge < -0.3 is 15.2 Å². The molecule has 0 fully saturated rings. The maximum Gasteiger partial charge on any atom is 0.322 e. The zero-order chi connectivity index (χ0) is 16.5. The van der Waals surface area contributed by atoms with E-state index >= 15 is 0 Å². The molecule has 4 rings (SSSR count). The van der Waals surface area contributed by atoms with Crippen molar-refractivity contribution in [3.63, 3.8) is 0 Å². The number of carbonyl (C=O) groups is 1. The Hall–Kier alpha value is -2.40. The van der Waals surface area contributed by atoms with Gasteiger partial charge in [-0.25, -0.2) is 4.79 Å². The lowest BCUT2D eigenvalue weighted by Gasteiger charge is -2.27. The number of anilines is 1. The average Bonchev–Trinajstić information content (AvgIpc) is 2.99. The third-order valence-electron chi connectivity index (χ3n) is 4.49. The molecule has 2 heterocycles. The summed E-state index contributed by atoms with van der Waals surface area (Å²) >= 11 is 1.67. The van der Waals surface area contributed by atoms with Crippen molar-refractivity contribution in [1.82, 2.24) is 9.88 Å². The molecular formula is C19H19N3OS. The number of nitrogens with one attached hydrogen (secondary N) is 2. The molecule has 2 N–H and O–H groups in total. The summed E-state index contributed by atoms with van der Waals surface area (Å²) in [6, 6.07) is 16.2. The highest BCUT2D eigenvalue weighted by Crippen LogP contribution is 2.28. The van der Waals surface area contributed by atoms with Crippen molar-refractivity contribution in [2.45, 2.75) is 17.9 Å². The van der Waals surface area contributed by atoms with Gasteiger partial charge in [0.05, 0.1) is 6.54 Å². The fourth-order valence-electron chi connectivity index (χ4n) is 3.27. The van der Waals surface area contributed by atoms with E-state index in [4.69, 9.17) is 0 Å². The molecule has 122 valence electrons. The van der Waals surface area contributed by atoms with Gasteiger partial charge in [0, 0.05) is 33.7 Å². The molecule has 1 aliphatic heterocycles. The lowest BCUT2D eigenvalue weighted by molar-refractivity contribution is 0.206. The first-order chi connectivity index (χ1) is 11.7. The van der Waals surface area contributed by atoms with Gasteiger partial charge in [-0.1, -0.05) is 24.3 Å². The van der Waals surface area contributed by atoms with Crippen molar-refractivity contribution in [3.8, 4) is 0 Å². The lowest BCUT2D eigenvalue weighted by Crippen LogP contribution is -2.38. The second-order valence-electron chi connectivity index (χ2n) is 5.96. The number of para-hydroxylation sites is 1. The predicted octanol–water partition coefficient (Wildman–Crippen LogP) is 4.48. The molecule has 0 atom stereocenters. The van der Waals surface area contributed by atoms with Crippen molar-refractivity contribution in [2.24, 2.45) is 0 Å². The van der Waals surface area contributed by atoms with E-state index in [1.165, 1.54) is 10.9 Å². The van der Waals surface area contributed by atoms with Crippen LogP contribution in [-0.2, 0) is 13.0 Å². The molecule has 0 spiro atoms. The second-order valence-corrected chi connectivity index (χ2v) is 6.84. The molecule has 2 aromatic carbocycles. The van der Waals surface area contributed by atoms with Gasteiger partial charge in [-0.2, -0.15) is 0 Å². The molecule has 4 nitrogen and oxygen atoms in total. The first-order valence-electron chi connectivity index (χ1n) is 8.03. The lowest BCUT2D eigenvalue weighted by atomic mass is 10.0. The Balaban J connectivity index is 1.52. The Labute approximate surface area is 145 Å². The largest absolute Gasteiger partial charge is 0.357 e. The Kier molecular flexibility index (Phi) is 3.94. The molecule has 3 aromatic rings. The standard InChI is InChI=1S/C19H19N3OS/c1-24-14-6-4-5-13(11-14)20-19(23)22-10-9-16-15-7-2-3-8-17(15)21-18(16)12-22/h2-8,11,21H,9-10,12H2,1H3,(H,20,23). The van der Waals surface area contributed by atoms with Crippen LogP contribution >= 0.6 is 11.8 Å². The molecule has 1 aliphatic rings. The maximum absolute atomic E-state index is 12.6. The summed E-state index contributed by atoms with van der Waals surface area (Å²) in [6.45, 7) is 1.36. The first-order valence-corrected chi connectivity index (χ1v) is 9.25. The molecule has 1 aromatic heterocycles. The molecule has 0 aliphatic carbocycles. The van der Waals surface area contributed by atoms with Gasteiger partial charge >= 0.3 is 6.03 Å². The van der Waals surface area contributed by atoms with E-state index in [2.05, 4.69) is 28.5 Å². The zero-order valence-corrected chi connectivity index (χ0v) is 14.3. The van der Waals surface area contributed by atoms with Crippen LogP contribution in [0.5, 0.6) is 0 Å². The second kappa shape index (κ2) is 6.24. The summed E-state index contributed by atoms with van der Waals surface area (Å²) in [5, 5.41) is 4.29. The summed E-state index contributed by atoms with van der Waals surface area (Å²) in [6.07, 6.45) is 2.92. The SMILES string of the molecule is CSc1cccc(NC(=O)N2CCc3c([nH]c4ccccc34)C2)c1. The summed E-state index contributed by atoms with van der Waals surface area (Å²) in [5.41, 5.74) is 4.49. The number of carbonyl (C=O) groups excluding carboxylic acids is 1. The zero-order valence-electron chi connectivity index (χ0n) is 13.5. The Morgan fingerprint density at radius 2 is 2.08 bits per heavy atom. The molecule has 0 unspecified atom stereocenters. The van der Waals surface area contributed by atoms with Crippen molar-refractivity contribution in [3.05, 3.63) is 59.8 Å². The van der Waals surface area contributed by atoms with E-state index in [9.17, 15) is 4.79 Å². The van der Waals surface area contributed by atoms with Crippen LogP contribution in [0.3, 0.4) is 0 Å².